The summed E-state index contributed by atoms with van der Waals surface area (Å²) in [7, 11) is 0. The van der Waals surface area contributed by atoms with Gasteiger partial charge in [0.15, 0.2) is 0 Å². The van der Waals surface area contributed by atoms with Crippen LogP contribution in [0.1, 0.15) is 59.3 Å². The molecule has 0 aliphatic heterocycles. The van der Waals surface area contributed by atoms with Crippen LogP contribution in [-0.2, 0) is 4.79 Å². The fraction of sp³-hybridized carbons (Fsp3) is 0.929. The Hall–Kier alpha value is -0.530. The van der Waals surface area contributed by atoms with Crippen molar-refractivity contribution in [2.75, 3.05) is 6.54 Å². The molecule has 1 fully saturated rings. The van der Waals surface area contributed by atoms with Crippen molar-refractivity contribution in [3.63, 3.8) is 0 Å². The van der Waals surface area contributed by atoms with Crippen LogP contribution in [0.15, 0.2) is 0 Å². The van der Waals surface area contributed by atoms with E-state index in [4.69, 9.17) is 0 Å². The Morgan fingerprint density at radius 1 is 1.31 bits per heavy atom. The maximum absolute atomic E-state index is 11.9. The summed E-state index contributed by atoms with van der Waals surface area (Å²) in [4.78, 5) is 11.9. The Labute approximate surface area is 100 Å². The average molecular weight is 225 g/mol. The molecular weight excluding hydrogens is 198 g/mol. The minimum absolute atomic E-state index is 0.223. The molecule has 2 nitrogen and oxygen atoms in total. The van der Waals surface area contributed by atoms with Gasteiger partial charge in [-0.2, -0.15) is 0 Å². The van der Waals surface area contributed by atoms with Gasteiger partial charge in [-0.25, -0.2) is 0 Å². The molecule has 0 bridgehead atoms. The molecule has 16 heavy (non-hydrogen) atoms. The summed E-state index contributed by atoms with van der Waals surface area (Å²) in [6.07, 6.45) is 7.91. The van der Waals surface area contributed by atoms with E-state index in [9.17, 15) is 4.79 Å². The van der Waals surface area contributed by atoms with Gasteiger partial charge in [0.05, 0.1) is 0 Å². The highest BCUT2D eigenvalue weighted by molar-refractivity contribution is 5.78. The van der Waals surface area contributed by atoms with Crippen LogP contribution in [0, 0.1) is 17.8 Å². The molecule has 0 radical (unpaired) electrons. The summed E-state index contributed by atoms with van der Waals surface area (Å²) >= 11 is 0. The molecule has 2 heteroatoms. The number of hydrogen-bond acceptors (Lipinski definition) is 1. The first kappa shape index (κ1) is 13.5. The molecule has 1 aliphatic rings. The molecule has 0 aromatic carbocycles. The summed E-state index contributed by atoms with van der Waals surface area (Å²) < 4.78 is 0. The standard InChI is InChI=1S/C14H27NO/c1-4-15-14(16)13(11(2)3)10-9-12-7-5-6-8-12/h11-13H,4-10H2,1-3H3,(H,15,16). The van der Waals surface area contributed by atoms with Crippen LogP contribution in [0.25, 0.3) is 0 Å². The summed E-state index contributed by atoms with van der Waals surface area (Å²) in [6.45, 7) is 7.07. The molecule has 0 aromatic rings. The van der Waals surface area contributed by atoms with E-state index in [1.165, 1.54) is 32.1 Å². The van der Waals surface area contributed by atoms with Crippen molar-refractivity contribution in [1.82, 2.24) is 5.32 Å². The lowest BCUT2D eigenvalue weighted by molar-refractivity contribution is -0.126. The van der Waals surface area contributed by atoms with Gasteiger partial charge in [-0.15, -0.1) is 0 Å². The van der Waals surface area contributed by atoms with Crippen LogP contribution in [0.3, 0.4) is 0 Å². The predicted molar refractivity (Wildman–Crippen MR) is 68.2 cm³/mol. The van der Waals surface area contributed by atoms with Crippen molar-refractivity contribution in [2.24, 2.45) is 17.8 Å². The first-order valence-corrected chi connectivity index (χ1v) is 6.92. The molecule has 0 saturated heterocycles. The molecule has 1 N–H and O–H groups in total. The summed E-state index contributed by atoms with van der Waals surface area (Å²) in [5.41, 5.74) is 0. The van der Waals surface area contributed by atoms with Crippen molar-refractivity contribution < 1.29 is 4.79 Å². The number of carbonyl (C=O) groups excluding carboxylic acids is 1. The minimum atomic E-state index is 0.223. The van der Waals surface area contributed by atoms with E-state index in [1.807, 2.05) is 6.92 Å². The maximum Gasteiger partial charge on any atom is 0.223 e. The largest absolute Gasteiger partial charge is 0.356 e. The van der Waals surface area contributed by atoms with Crippen molar-refractivity contribution in [1.29, 1.82) is 0 Å². The fourth-order valence-corrected chi connectivity index (χ4v) is 2.79. The molecular formula is C14H27NO. The van der Waals surface area contributed by atoms with Gasteiger partial charge in [-0.3, -0.25) is 4.79 Å². The first-order valence-electron chi connectivity index (χ1n) is 6.92. The Balaban J connectivity index is 2.34. The quantitative estimate of drug-likeness (QED) is 0.738. The van der Waals surface area contributed by atoms with Crippen LogP contribution < -0.4 is 5.32 Å². The van der Waals surface area contributed by atoms with Gasteiger partial charge < -0.3 is 5.32 Å². The Kier molecular flexibility index (Phi) is 5.86. The molecule has 1 rings (SSSR count). The lowest BCUT2D eigenvalue weighted by Crippen LogP contribution is -2.33. The topological polar surface area (TPSA) is 29.1 Å². The van der Waals surface area contributed by atoms with Gasteiger partial charge in [0.25, 0.3) is 0 Å². The average Bonchev–Trinajstić information content (AvgIpc) is 2.70. The van der Waals surface area contributed by atoms with E-state index in [-0.39, 0.29) is 11.8 Å². The third-order valence-electron chi connectivity index (χ3n) is 3.85. The molecule has 0 heterocycles. The van der Waals surface area contributed by atoms with Crippen LogP contribution in [0.2, 0.25) is 0 Å². The Bertz CT molecular complexity index is 207. The number of carbonyl (C=O) groups is 1. The molecule has 1 atom stereocenters. The second kappa shape index (κ2) is 6.93. The van der Waals surface area contributed by atoms with Crippen molar-refractivity contribution in [3.8, 4) is 0 Å². The van der Waals surface area contributed by atoms with Crippen LogP contribution in [0.5, 0.6) is 0 Å². The normalized spacial score (nSPS) is 19.0. The van der Waals surface area contributed by atoms with Gasteiger partial charge in [0.1, 0.15) is 0 Å². The maximum atomic E-state index is 11.9. The van der Waals surface area contributed by atoms with Gasteiger partial charge in [-0.05, 0) is 31.6 Å². The third-order valence-corrected chi connectivity index (χ3v) is 3.85. The van der Waals surface area contributed by atoms with Crippen molar-refractivity contribution in [3.05, 3.63) is 0 Å². The highest BCUT2D eigenvalue weighted by Gasteiger charge is 2.23. The van der Waals surface area contributed by atoms with E-state index < -0.39 is 0 Å². The molecule has 0 spiro atoms. The number of hydrogen-bond donors (Lipinski definition) is 1. The monoisotopic (exact) mass is 225 g/mol. The number of rotatable bonds is 6. The van der Waals surface area contributed by atoms with Crippen LogP contribution in [-0.4, -0.2) is 12.5 Å². The van der Waals surface area contributed by atoms with Crippen LogP contribution >= 0.6 is 0 Å². The van der Waals surface area contributed by atoms with E-state index in [1.54, 1.807) is 0 Å². The van der Waals surface area contributed by atoms with Gasteiger partial charge in [-0.1, -0.05) is 39.5 Å². The number of amides is 1. The highest BCUT2D eigenvalue weighted by Crippen LogP contribution is 2.31. The minimum Gasteiger partial charge on any atom is -0.356 e. The third kappa shape index (κ3) is 4.15. The van der Waals surface area contributed by atoms with Gasteiger partial charge in [0, 0.05) is 12.5 Å². The molecule has 1 aliphatic carbocycles. The lowest BCUT2D eigenvalue weighted by atomic mass is 9.87. The van der Waals surface area contributed by atoms with Crippen LogP contribution in [0.4, 0.5) is 0 Å². The summed E-state index contributed by atoms with van der Waals surface area (Å²) in [5, 5.41) is 2.96. The Morgan fingerprint density at radius 3 is 2.44 bits per heavy atom. The molecule has 0 aromatic heterocycles. The molecule has 1 saturated carbocycles. The number of nitrogens with one attached hydrogen (secondary N) is 1. The Morgan fingerprint density at radius 2 is 1.94 bits per heavy atom. The smallest absolute Gasteiger partial charge is 0.223 e. The van der Waals surface area contributed by atoms with Crippen molar-refractivity contribution >= 4 is 5.91 Å². The summed E-state index contributed by atoms with van der Waals surface area (Å²) in [6, 6.07) is 0. The first-order chi connectivity index (χ1) is 7.65. The second-order valence-electron chi connectivity index (χ2n) is 5.47. The molecule has 94 valence electrons. The highest BCUT2D eigenvalue weighted by atomic mass is 16.1. The zero-order valence-electron chi connectivity index (χ0n) is 11.1. The predicted octanol–water partition coefficient (Wildman–Crippen LogP) is 3.37. The lowest BCUT2D eigenvalue weighted by Gasteiger charge is -2.21. The van der Waals surface area contributed by atoms with Gasteiger partial charge in [0.2, 0.25) is 5.91 Å². The van der Waals surface area contributed by atoms with Gasteiger partial charge >= 0.3 is 0 Å². The van der Waals surface area contributed by atoms with E-state index in [0.717, 1.165) is 18.9 Å². The molecule has 1 amide bonds. The zero-order chi connectivity index (χ0) is 12.0. The zero-order valence-corrected chi connectivity index (χ0v) is 11.1. The SMILES string of the molecule is CCNC(=O)C(CCC1CCCC1)C(C)C. The van der Waals surface area contributed by atoms with Crippen molar-refractivity contribution in [2.45, 2.75) is 59.3 Å². The fourth-order valence-electron chi connectivity index (χ4n) is 2.79. The van der Waals surface area contributed by atoms with E-state index >= 15 is 0 Å². The van der Waals surface area contributed by atoms with E-state index in [0.29, 0.717) is 5.92 Å². The van der Waals surface area contributed by atoms with E-state index in [2.05, 4.69) is 19.2 Å². The molecule has 1 unspecified atom stereocenters. The summed E-state index contributed by atoms with van der Waals surface area (Å²) in [5.74, 6) is 1.85. The second-order valence-corrected chi connectivity index (χ2v) is 5.47.